The third-order valence-electron chi connectivity index (χ3n) is 3.43. The predicted molar refractivity (Wildman–Crippen MR) is 92.1 cm³/mol. The molecule has 0 bridgehead atoms. The van der Waals surface area contributed by atoms with Gasteiger partial charge in [0.25, 0.3) is 0 Å². The Balaban J connectivity index is 2.55. The number of nitrogen functional groups attached to an aromatic ring is 1. The molecule has 0 heterocycles. The average Bonchev–Trinajstić information content (AvgIpc) is 2.44. The van der Waals surface area contributed by atoms with Gasteiger partial charge in [0, 0.05) is 29.4 Å². The molecular weight excluding hydrogens is 304 g/mol. The van der Waals surface area contributed by atoms with E-state index in [0.29, 0.717) is 30.4 Å². The molecule has 4 nitrogen and oxygen atoms in total. The smallest absolute Gasteiger partial charge is 0.214 e. The first kappa shape index (κ1) is 18.3. The maximum Gasteiger partial charge on any atom is 0.214 e. The number of thioether (sulfide) groups is 1. The van der Waals surface area contributed by atoms with Crippen molar-refractivity contribution in [1.82, 2.24) is 4.31 Å². The molecule has 0 radical (unpaired) electrons. The minimum Gasteiger partial charge on any atom is -0.399 e. The summed E-state index contributed by atoms with van der Waals surface area (Å²) in [6.45, 7) is 7.21. The van der Waals surface area contributed by atoms with Gasteiger partial charge in [0.1, 0.15) is 0 Å². The van der Waals surface area contributed by atoms with E-state index in [-0.39, 0.29) is 5.75 Å². The molecule has 21 heavy (non-hydrogen) atoms. The van der Waals surface area contributed by atoms with Gasteiger partial charge < -0.3 is 5.73 Å². The van der Waals surface area contributed by atoms with Crippen molar-refractivity contribution in [3.63, 3.8) is 0 Å². The Kier molecular flexibility index (Phi) is 7.56. The van der Waals surface area contributed by atoms with E-state index in [1.54, 1.807) is 4.31 Å². The van der Waals surface area contributed by atoms with E-state index in [9.17, 15) is 8.42 Å². The molecule has 1 atom stereocenters. The summed E-state index contributed by atoms with van der Waals surface area (Å²) < 4.78 is 26.3. The van der Waals surface area contributed by atoms with E-state index >= 15 is 0 Å². The molecule has 6 heteroatoms. The third kappa shape index (κ3) is 6.28. The van der Waals surface area contributed by atoms with Gasteiger partial charge in [0.15, 0.2) is 0 Å². The standard InChI is InChI=1S/C15H26N2O2S2/c1-4-13(3)12-17(5-2)21(18,19)10-9-20-15-8-6-7-14(16)11-15/h6-8,11,13H,4-5,9-10,12,16H2,1-3H3. The van der Waals surface area contributed by atoms with Crippen molar-refractivity contribution in [2.24, 2.45) is 5.92 Å². The molecule has 120 valence electrons. The second-order valence-electron chi connectivity index (χ2n) is 5.20. The second-order valence-corrected chi connectivity index (χ2v) is 8.46. The predicted octanol–water partition coefficient (Wildman–Crippen LogP) is 3.06. The molecule has 0 aromatic heterocycles. The van der Waals surface area contributed by atoms with Gasteiger partial charge in [-0.05, 0) is 24.1 Å². The van der Waals surface area contributed by atoms with Crippen molar-refractivity contribution in [2.75, 3.05) is 30.3 Å². The number of benzene rings is 1. The maximum atomic E-state index is 12.4. The largest absolute Gasteiger partial charge is 0.399 e. The molecule has 0 amide bonds. The first-order valence-corrected chi connectivity index (χ1v) is 9.94. The highest BCUT2D eigenvalue weighted by molar-refractivity contribution is 8.00. The highest BCUT2D eigenvalue weighted by atomic mass is 32.2. The number of sulfonamides is 1. The van der Waals surface area contributed by atoms with Gasteiger partial charge in [-0.25, -0.2) is 12.7 Å². The lowest BCUT2D eigenvalue weighted by molar-refractivity contribution is 0.362. The zero-order chi connectivity index (χ0) is 15.9. The van der Waals surface area contributed by atoms with Gasteiger partial charge in [-0.1, -0.05) is 33.3 Å². The van der Waals surface area contributed by atoms with Gasteiger partial charge in [-0.3, -0.25) is 0 Å². The molecule has 1 aromatic carbocycles. The van der Waals surface area contributed by atoms with E-state index in [0.717, 1.165) is 11.3 Å². The van der Waals surface area contributed by atoms with Crippen molar-refractivity contribution in [3.8, 4) is 0 Å². The summed E-state index contributed by atoms with van der Waals surface area (Å²) in [5, 5.41) is 0. The molecule has 0 aliphatic heterocycles. The summed E-state index contributed by atoms with van der Waals surface area (Å²) in [4.78, 5) is 1.01. The van der Waals surface area contributed by atoms with Gasteiger partial charge in [-0.2, -0.15) is 0 Å². The lowest BCUT2D eigenvalue weighted by Gasteiger charge is -2.23. The Morgan fingerprint density at radius 1 is 1.33 bits per heavy atom. The molecule has 0 fully saturated rings. The van der Waals surface area contributed by atoms with Crippen molar-refractivity contribution in [2.45, 2.75) is 32.1 Å². The summed E-state index contributed by atoms with van der Waals surface area (Å²) in [7, 11) is -3.18. The highest BCUT2D eigenvalue weighted by Crippen LogP contribution is 2.21. The Morgan fingerprint density at radius 3 is 2.62 bits per heavy atom. The topological polar surface area (TPSA) is 63.4 Å². The first-order valence-electron chi connectivity index (χ1n) is 7.35. The Morgan fingerprint density at radius 2 is 2.05 bits per heavy atom. The molecule has 0 saturated carbocycles. The molecule has 0 saturated heterocycles. The highest BCUT2D eigenvalue weighted by Gasteiger charge is 2.21. The summed E-state index contributed by atoms with van der Waals surface area (Å²) in [6.07, 6.45) is 0.990. The van der Waals surface area contributed by atoms with E-state index in [4.69, 9.17) is 5.73 Å². The van der Waals surface area contributed by atoms with E-state index in [1.807, 2.05) is 31.2 Å². The van der Waals surface area contributed by atoms with E-state index in [1.165, 1.54) is 11.8 Å². The number of anilines is 1. The van der Waals surface area contributed by atoms with Crippen LogP contribution in [-0.2, 0) is 10.0 Å². The molecule has 0 aliphatic carbocycles. The van der Waals surface area contributed by atoms with Gasteiger partial charge >= 0.3 is 0 Å². The van der Waals surface area contributed by atoms with E-state index in [2.05, 4.69) is 13.8 Å². The van der Waals surface area contributed by atoms with Gasteiger partial charge in [-0.15, -0.1) is 11.8 Å². The number of nitrogens with zero attached hydrogens (tertiary/aromatic N) is 1. The zero-order valence-corrected chi connectivity index (χ0v) is 14.7. The summed E-state index contributed by atoms with van der Waals surface area (Å²) in [5.74, 6) is 1.10. The Bertz CT molecular complexity index is 532. The molecule has 0 spiro atoms. The minimum absolute atomic E-state index is 0.163. The van der Waals surface area contributed by atoms with Crippen LogP contribution in [0.5, 0.6) is 0 Å². The van der Waals surface area contributed by atoms with Crippen LogP contribution < -0.4 is 5.73 Å². The zero-order valence-electron chi connectivity index (χ0n) is 13.1. The van der Waals surface area contributed by atoms with Crippen molar-refractivity contribution >= 4 is 27.5 Å². The van der Waals surface area contributed by atoms with Gasteiger partial charge in [0.2, 0.25) is 10.0 Å². The van der Waals surface area contributed by atoms with Crippen molar-refractivity contribution in [3.05, 3.63) is 24.3 Å². The van der Waals surface area contributed by atoms with Crippen LogP contribution in [-0.4, -0.2) is 37.3 Å². The SMILES string of the molecule is CCC(C)CN(CC)S(=O)(=O)CCSc1cccc(N)c1. The molecular formula is C15H26N2O2S2. The van der Waals surface area contributed by atoms with Crippen LogP contribution in [0, 0.1) is 5.92 Å². The Hall–Kier alpha value is -0.720. The summed E-state index contributed by atoms with van der Waals surface area (Å²) >= 11 is 1.53. The van der Waals surface area contributed by atoms with Crippen LogP contribution in [0.15, 0.2) is 29.2 Å². The van der Waals surface area contributed by atoms with Crippen molar-refractivity contribution in [1.29, 1.82) is 0 Å². The fourth-order valence-electron chi connectivity index (χ4n) is 1.91. The minimum atomic E-state index is -3.18. The monoisotopic (exact) mass is 330 g/mol. The van der Waals surface area contributed by atoms with Gasteiger partial charge in [0.05, 0.1) is 5.75 Å². The molecule has 2 N–H and O–H groups in total. The third-order valence-corrected chi connectivity index (χ3v) is 6.59. The molecule has 1 rings (SSSR count). The Labute approximate surface area is 133 Å². The van der Waals surface area contributed by atoms with Crippen LogP contribution in [0.2, 0.25) is 0 Å². The maximum absolute atomic E-state index is 12.4. The normalized spacial score (nSPS) is 13.5. The summed E-state index contributed by atoms with van der Waals surface area (Å²) in [5.41, 5.74) is 6.42. The molecule has 1 unspecified atom stereocenters. The average molecular weight is 331 g/mol. The van der Waals surface area contributed by atoms with Crippen LogP contribution in [0.3, 0.4) is 0 Å². The lowest BCUT2D eigenvalue weighted by Crippen LogP contribution is -2.36. The molecule has 0 aliphatic rings. The lowest BCUT2D eigenvalue weighted by atomic mass is 10.1. The van der Waals surface area contributed by atoms with Crippen LogP contribution in [0.1, 0.15) is 27.2 Å². The quantitative estimate of drug-likeness (QED) is 0.558. The second kappa shape index (κ2) is 8.66. The van der Waals surface area contributed by atoms with Crippen LogP contribution >= 0.6 is 11.8 Å². The first-order chi connectivity index (χ1) is 9.89. The summed E-state index contributed by atoms with van der Waals surface area (Å²) in [6, 6.07) is 7.53. The fourth-order valence-corrected chi connectivity index (χ4v) is 4.85. The molecule has 1 aromatic rings. The number of hydrogen-bond acceptors (Lipinski definition) is 4. The number of nitrogens with two attached hydrogens (primary N) is 1. The van der Waals surface area contributed by atoms with Crippen LogP contribution in [0.4, 0.5) is 5.69 Å². The van der Waals surface area contributed by atoms with E-state index < -0.39 is 10.0 Å². The number of hydrogen-bond donors (Lipinski definition) is 1. The number of rotatable bonds is 9. The fraction of sp³-hybridized carbons (Fsp3) is 0.600. The van der Waals surface area contributed by atoms with Crippen molar-refractivity contribution < 1.29 is 8.42 Å². The van der Waals surface area contributed by atoms with Crippen LogP contribution in [0.25, 0.3) is 0 Å².